The Morgan fingerprint density at radius 3 is 2.96 bits per heavy atom. The van der Waals surface area contributed by atoms with Crippen molar-refractivity contribution in [2.75, 3.05) is 11.9 Å². The minimum atomic E-state index is -0.165. The van der Waals surface area contributed by atoms with E-state index in [1.54, 1.807) is 6.20 Å². The molecular weight excluding hydrogens is 316 g/mol. The zero-order chi connectivity index (χ0) is 17.8. The fourth-order valence-corrected chi connectivity index (χ4v) is 3.32. The fraction of sp³-hybridized carbons (Fsp3) is 0.474. The second-order valence-electron chi connectivity index (χ2n) is 6.55. The Balaban J connectivity index is 1.58. The van der Waals surface area contributed by atoms with Gasteiger partial charge >= 0.3 is 6.03 Å². The van der Waals surface area contributed by atoms with E-state index in [2.05, 4.69) is 29.6 Å². The van der Waals surface area contributed by atoms with Crippen LogP contribution in [-0.4, -0.2) is 28.5 Å². The molecule has 0 spiro atoms. The number of ether oxygens (including phenoxy) is 1. The van der Waals surface area contributed by atoms with Crippen molar-refractivity contribution >= 4 is 11.7 Å². The fourth-order valence-electron chi connectivity index (χ4n) is 3.32. The number of aryl methyl sites for hydroxylation is 3. The maximum Gasteiger partial charge on any atom is 0.319 e. The highest BCUT2D eigenvalue weighted by molar-refractivity contribution is 5.89. The number of urea groups is 1. The summed E-state index contributed by atoms with van der Waals surface area (Å²) in [5, 5.41) is 10.2. The second kappa shape index (κ2) is 7.70. The Morgan fingerprint density at radius 1 is 1.40 bits per heavy atom. The molecule has 2 atom stereocenters. The number of hydrogen-bond donors (Lipinski definition) is 2. The summed E-state index contributed by atoms with van der Waals surface area (Å²) in [4.78, 5) is 12.3. The van der Waals surface area contributed by atoms with Gasteiger partial charge in [0.05, 0.1) is 5.69 Å². The van der Waals surface area contributed by atoms with E-state index in [0.717, 1.165) is 30.6 Å². The smallest absolute Gasteiger partial charge is 0.319 e. The Morgan fingerprint density at radius 2 is 2.24 bits per heavy atom. The quantitative estimate of drug-likeness (QED) is 0.895. The van der Waals surface area contributed by atoms with Crippen LogP contribution in [0.3, 0.4) is 0 Å². The van der Waals surface area contributed by atoms with E-state index < -0.39 is 0 Å². The van der Waals surface area contributed by atoms with Gasteiger partial charge < -0.3 is 15.4 Å². The molecular formula is C19H26N4O2. The first kappa shape index (κ1) is 17.5. The summed E-state index contributed by atoms with van der Waals surface area (Å²) in [7, 11) is 1.91. The molecule has 1 aromatic heterocycles. The summed E-state index contributed by atoms with van der Waals surface area (Å²) in [6.07, 6.45) is 4.26. The van der Waals surface area contributed by atoms with Gasteiger partial charge in [0.1, 0.15) is 6.10 Å². The molecule has 0 aliphatic carbocycles. The molecule has 1 aromatic carbocycles. The van der Waals surface area contributed by atoms with Gasteiger partial charge in [-0.25, -0.2) is 4.79 Å². The Kier molecular flexibility index (Phi) is 5.38. The first-order valence-electron chi connectivity index (χ1n) is 8.83. The summed E-state index contributed by atoms with van der Waals surface area (Å²) in [5.74, 6) is 0. The molecule has 134 valence electrons. The number of carbonyl (C=O) groups excluding carboxylic acids is 1. The number of benzene rings is 1. The van der Waals surface area contributed by atoms with Gasteiger partial charge in [-0.05, 0) is 55.5 Å². The van der Waals surface area contributed by atoms with Crippen molar-refractivity contribution in [1.29, 1.82) is 0 Å². The first-order chi connectivity index (χ1) is 12.1. The average molecular weight is 342 g/mol. The van der Waals surface area contributed by atoms with Gasteiger partial charge in [-0.2, -0.15) is 5.10 Å². The minimum Gasteiger partial charge on any atom is -0.372 e. The molecule has 2 aromatic rings. The highest BCUT2D eigenvalue weighted by atomic mass is 16.5. The van der Waals surface area contributed by atoms with Gasteiger partial charge in [0.15, 0.2) is 0 Å². The second-order valence-corrected chi connectivity index (χ2v) is 6.55. The normalized spacial score (nSPS) is 20.3. The largest absolute Gasteiger partial charge is 0.372 e. The van der Waals surface area contributed by atoms with Gasteiger partial charge in [0.2, 0.25) is 0 Å². The monoisotopic (exact) mass is 342 g/mol. The molecule has 0 bridgehead atoms. The molecule has 0 saturated carbocycles. The number of nitrogens with zero attached hydrogens (tertiary/aromatic N) is 2. The summed E-state index contributed by atoms with van der Waals surface area (Å²) in [6.45, 7) is 4.83. The highest BCUT2D eigenvalue weighted by Gasteiger charge is 2.26. The Bertz CT molecular complexity index is 741. The van der Waals surface area contributed by atoms with Gasteiger partial charge in [-0.1, -0.05) is 13.0 Å². The third-order valence-electron chi connectivity index (χ3n) is 4.80. The number of anilines is 1. The number of aromatic nitrogens is 2. The van der Waals surface area contributed by atoms with Crippen LogP contribution in [0.2, 0.25) is 0 Å². The van der Waals surface area contributed by atoms with Crippen molar-refractivity contribution in [3.63, 3.8) is 0 Å². The molecule has 2 heterocycles. The molecule has 2 amide bonds. The zero-order valence-corrected chi connectivity index (χ0v) is 15.1. The van der Waals surface area contributed by atoms with Crippen LogP contribution in [0, 0.1) is 6.92 Å². The topological polar surface area (TPSA) is 68.2 Å². The van der Waals surface area contributed by atoms with E-state index >= 15 is 0 Å². The van der Waals surface area contributed by atoms with E-state index in [-0.39, 0.29) is 18.2 Å². The average Bonchev–Trinajstić information content (AvgIpc) is 3.03. The third kappa shape index (κ3) is 4.20. The van der Waals surface area contributed by atoms with Crippen molar-refractivity contribution in [3.8, 4) is 0 Å². The predicted octanol–water partition coefficient (Wildman–Crippen LogP) is 3.33. The summed E-state index contributed by atoms with van der Waals surface area (Å²) in [5.41, 5.74) is 4.37. The van der Waals surface area contributed by atoms with Gasteiger partial charge in [0.25, 0.3) is 0 Å². The molecule has 1 aliphatic heterocycles. The molecule has 25 heavy (non-hydrogen) atoms. The van der Waals surface area contributed by atoms with E-state index in [1.165, 1.54) is 11.1 Å². The van der Waals surface area contributed by atoms with Crippen LogP contribution in [0.15, 0.2) is 30.5 Å². The Labute approximate surface area is 148 Å². The maximum atomic E-state index is 12.3. The van der Waals surface area contributed by atoms with E-state index in [4.69, 9.17) is 4.74 Å². The van der Waals surface area contributed by atoms with E-state index in [0.29, 0.717) is 6.61 Å². The number of rotatable bonds is 4. The van der Waals surface area contributed by atoms with Crippen molar-refractivity contribution in [3.05, 3.63) is 47.3 Å². The summed E-state index contributed by atoms with van der Waals surface area (Å²) >= 11 is 0. The van der Waals surface area contributed by atoms with Crippen molar-refractivity contribution in [2.45, 2.75) is 45.3 Å². The lowest BCUT2D eigenvalue weighted by molar-refractivity contribution is -0.00204. The van der Waals surface area contributed by atoms with Crippen LogP contribution in [0.5, 0.6) is 0 Å². The van der Waals surface area contributed by atoms with Gasteiger partial charge in [-0.15, -0.1) is 0 Å². The molecule has 1 aliphatic rings. The SMILES string of the molecule is CCc1cc(NC(=O)N[C@@H]2CCO[C@H](c3ccnn3C)C2)ccc1C. The molecule has 6 nitrogen and oxygen atoms in total. The maximum absolute atomic E-state index is 12.3. The standard InChI is InChI=1S/C19H26N4O2/c1-4-14-11-15(6-5-13(14)2)21-19(24)22-16-8-10-25-18(12-16)17-7-9-20-23(17)3/h5-7,9,11,16,18H,4,8,10,12H2,1-3H3,(H2,21,22,24)/t16-,18+/m1/s1. The lowest BCUT2D eigenvalue weighted by Gasteiger charge is -2.30. The van der Waals surface area contributed by atoms with Crippen molar-refractivity contribution in [2.24, 2.45) is 7.05 Å². The number of nitrogens with one attached hydrogen (secondary N) is 2. The molecule has 3 rings (SSSR count). The first-order valence-corrected chi connectivity index (χ1v) is 8.83. The lowest BCUT2D eigenvalue weighted by atomic mass is 10.0. The van der Waals surface area contributed by atoms with Gasteiger partial charge in [0, 0.05) is 31.6 Å². The number of carbonyl (C=O) groups is 1. The minimum absolute atomic E-state index is 0.0300. The summed E-state index contributed by atoms with van der Waals surface area (Å²) in [6, 6.07) is 7.91. The third-order valence-corrected chi connectivity index (χ3v) is 4.80. The Hall–Kier alpha value is -2.34. The van der Waals surface area contributed by atoms with Crippen LogP contribution >= 0.6 is 0 Å². The van der Waals surface area contributed by atoms with Crippen LogP contribution in [0.1, 0.15) is 42.7 Å². The molecule has 1 fully saturated rings. The molecule has 2 N–H and O–H groups in total. The van der Waals surface area contributed by atoms with Crippen LogP contribution < -0.4 is 10.6 Å². The van der Waals surface area contributed by atoms with Crippen molar-refractivity contribution in [1.82, 2.24) is 15.1 Å². The van der Waals surface area contributed by atoms with Gasteiger partial charge in [-0.3, -0.25) is 4.68 Å². The zero-order valence-electron chi connectivity index (χ0n) is 15.1. The van der Waals surface area contributed by atoms with E-state index in [9.17, 15) is 4.79 Å². The molecule has 1 saturated heterocycles. The lowest BCUT2D eigenvalue weighted by Crippen LogP contribution is -2.42. The molecule has 0 unspecified atom stereocenters. The number of hydrogen-bond acceptors (Lipinski definition) is 3. The van der Waals surface area contributed by atoms with Crippen LogP contribution in [-0.2, 0) is 18.2 Å². The van der Waals surface area contributed by atoms with Crippen LogP contribution in [0.4, 0.5) is 10.5 Å². The number of amides is 2. The highest BCUT2D eigenvalue weighted by Crippen LogP contribution is 2.27. The summed E-state index contributed by atoms with van der Waals surface area (Å²) < 4.78 is 7.67. The predicted molar refractivity (Wildman–Crippen MR) is 97.6 cm³/mol. The van der Waals surface area contributed by atoms with Crippen LogP contribution in [0.25, 0.3) is 0 Å². The molecule has 6 heteroatoms. The van der Waals surface area contributed by atoms with E-state index in [1.807, 2.05) is 36.0 Å². The molecule has 0 radical (unpaired) electrons. The van der Waals surface area contributed by atoms with Crippen molar-refractivity contribution < 1.29 is 9.53 Å².